The van der Waals surface area contributed by atoms with Gasteiger partial charge in [-0.2, -0.15) is 0 Å². The van der Waals surface area contributed by atoms with Crippen LogP contribution in [0.3, 0.4) is 0 Å². The molecule has 1 atom stereocenters. The molecule has 174 valence electrons. The summed E-state index contributed by atoms with van der Waals surface area (Å²) in [6, 6.07) is 20.3. The Morgan fingerprint density at radius 3 is 2.65 bits per heavy atom. The van der Waals surface area contributed by atoms with Gasteiger partial charge in [-0.25, -0.2) is 4.99 Å². The maximum absolute atomic E-state index is 10.8. The Bertz CT molecular complexity index is 1230. The van der Waals surface area contributed by atoms with Crippen molar-refractivity contribution in [1.29, 1.82) is 0 Å². The molecule has 0 radical (unpaired) electrons. The van der Waals surface area contributed by atoms with Gasteiger partial charge in [0.05, 0.1) is 5.69 Å². The molecular weight excluding hydrogens is 424 g/mol. The lowest BCUT2D eigenvalue weighted by Crippen LogP contribution is -2.36. The first-order valence-electron chi connectivity index (χ1n) is 11.5. The third-order valence-corrected chi connectivity index (χ3v) is 6.01. The predicted molar refractivity (Wildman–Crippen MR) is 137 cm³/mol. The van der Waals surface area contributed by atoms with Crippen LogP contribution in [0.15, 0.2) is 65.7 Å². The first-order chi connectivity index (χ1) is 16.5. The van der Waals surface area contributed by atoms with E-state index in [4.69, 9.17) is 11.2 Å². The number of aliphatic hydroxyl groups is 2. The summed E-state index contributed by atoms with van der Waals surface area (Å²) in [6.45, 7) is 5.07. The van der Waals surface area contributed by atoms with Crippen LogP contribution < -0.4 is 9.64 Å². The van der Waals surface area contributed by atoms with Crippen LogP contribution in [0.5, 0.6) is 5.75 Å². The van der Waals surface area contributed by atoms with Crippen molar-refractivity contribution in [1.82, 2.24) is 0 Å². The summed E-state index contributed by atoms with van der Waals surface area (Å²) in [5.74, 6) is 3.61. The van der Waals surface area contributed by atoms with Crippen molar-refractivity contribution in [3.8, 4) is 29.2 Å². The van der Waals surface area contributed by atoms with Gasteiger partial charge in [0.2, 0.25) is 6.35 Å². The summed E-state index contributed by atoms with van der Waals surface area (Å²) in [7, 11) is 0. The van der Waals surface area contributed by atoms with Crippen molar-refractivity contribution >= 4 is 11.9 Å². The van der Waals surface area contributed by atoms with E-state index in [1.54, 1.807) is 6.21 Å². The van der Waals surface area contributed by atoms with Gasteiger partial charge in [-0.3, -0.25) is 0 Å². The number of hydrogen-bond donors (Lipinski definition) is 2. The number of aliphatic imine (C=N–C) groups is 1. The van der Waals surface area contributed by atoms with E-state index in [2.05, 4.69) is 49.0 Å². The van der Waals surface area contributed by atoms with Gasteiger partial charge < -0.3 is 19.8 Å². The van der Waals surface area contributed by atoms with Gasteiger partial charge in [-0.15, -0.1) is 6.42 Å². The average molecular weight is 455 g/mol. The minimum absolute atomic E-state index is 0.0994. The second-order valence-corrected chi connectivity index (χ2v) is 8.69. The molecule has 0 bridgehead atoms. The molecule has 0 saturated heterocycles. The Morgan fingerprint density at radius 2 is 1.88 bits per heavy atom. The smallest absolute Gasteiger partial charge is 0.225 e. The summed E-state index contributed by atoms with van der Waals surface area (Å²) in [6.07, 6.45) is 6.79. The van der Waals surface area contributed by atoms with Crippen LogP contribution in [0, 0.1) is 12.3 Å². The van der Waals surface area contributed by atoms with E-state index in [9.17, 15) is 10.2 Å². The predicted octanol–water partition coefficient (Wildman–Crippen LogP) is 4.74. The Morgan fingerprint density at radius 1 is 1.09 bits per heavy atom. The van der Waals surface area contributed by atoms with Gasteiger partial charge in [0, 0.05) is 30.5 Å². The molecule has 0 fully saturated rings. The van der Waals surface area contributed by atoms with Crippen LogP contribution >= 0.6 is 0 Å². The fourth-order valence-electron chi connectivity index (χ4n) is 4.28. The molecule has 2 N–H and O–H groups in total. The maximum atomic E-state index is 10.8. The van der Waals surface area contributed by atoms with E-state index >= 15 is 0 Å². The second kappa shape index (κ2) is 10.6. The highest BCUT2D eigenvalue weighted by molar-refractivity contribution is 6.00. The quantitative estimate of drug-likeness (QED) is 0.483. The highest BCUT2D eigenvalue weighted by atomic mass is 16.5. The van der Waals surface area contributed by atoms with E-state index in [1.165, 1.54) is 5.56 Å². The van der Waals surface area contributed by atoms with Crippen LogP contribution in [0.2, 0.25) is 0 Å². The second-order valence-electron chi connectivity index (χ2n) is 8.69. The van der Waals surface area contributed by atoms with Gasteiger partial charge in [-0.05, 0) is 46.7 Å². The normalized spacial score (nSPS) is 14.7. The number of aliphatic hydroxyl groups excluding tert-OH is 2. The third-order valence-electron chi connectivity index (χ3n) is 6.01. The molecule has 34 heavy (non-hydrogen) atoms. The highest BCUT2D eigenvalue weighted by Crippen LogP contribution is 2.41. The lowest BCUT2D eigenvalue weighted by Gasteiger charge is -2.33. The Balaban J connectivity index is 1.80. The van der Waals surface area contributed by atoms with Crippen LogP contribution in [0.4, 0.5) is 5.69 Å². The highest BCUT2D eigenvalue weighted by Gasteiger charge is 2.26. The molecule has 1 aliphatic rings. The number of benzene rings is 3. The van der Waals surface area contributed by atoms with Crippen LogP contribution in [0.25, 0.3) is 11.1 Å². The van der Waals surface area contributed by atoms with Crippen molar-refractivity contribution in [2.24, 2.45) is 4.99 Å². The van der Waals surface area contributed by atoms with E-state index < -0.39 is 6.35 Å². The molecule has 5 nitrogen and oxygen atoms in total. The molecular formula is C29H30N2O3. The molecule has 3 aromatic carbocycles. The van der Waals surface area contributed by atoms with Gasteiger partial charge >= 0.3 is 0 Å². The minimum Gasteiger partial charge on any atom is -0.480 e. The molecule has 1 aliphatic heterocycles. The van der Waals surface area contributed by atoms with E-state index in [1.807, 2.05) is 41.3 Å². The fraction of sp³-hybridized carbons (Fsp3) is 0.276. The number of rotatable bonds is 8. The van der Waals surface area contributed by atoms with E-state index in [0.717, 1.165) is 33.5 Å². The van der Waals surface area contributed by atoms with Gasteiger partial charge in [0.1, 0.15) is 12.4 Å². The molecule has 0 aliphatic carbocycles. The summed E-state index contributed by atoms with van der Waals surface area (Å²) in [4.78, 5) is 6.26. The number of anilines is 1. The van der Waals surface area contributed by atoms with E-state index in [-0.39, 0.29) is 13.2 Å². The number of ether oxygens (including phenoxy) is 1. The van der Waals surface area contributed by atoms with Crippen molar-refractivity contribution in [2.75, 3.05) is 18.1 Å². The van der Waals surface area contributed by atoms with Crippen molar-refractivity contribution in [3.63, 3.8) is 0 Å². The number of hydrogen-bond acceptors (Lipinski definition) is 5. The van der Waals surface area contributed by atoms with Crippen molar-refractivity contribution < 1.29 is 14.9 Å². The maximum Gasteiger partial charge on any atom is 0.225 e. The lowest BCUT2D eigenvalue weighted by molar-refractivity contribution is 0.176. The van der Waals surface area contributed by atoms with Crippen molar-refractivity contribution in [2.45, 2.75) is 39.1 Å². The molecule has 1 unspecified atom stereocenters. The molecule has 4 rings (SSSR count). The number of nitrogens with zero attached hydrogens (tertiary/aromatic N) is 2. The Labute approximate surface area is 201 Å². The zero-order chi connectivity index (χ0) is 24.1. The molecule has 5 heteroatoms. The molecule has 0 amide bonds. The first kappa shape index (κ1) is 23.6. The Kier molecular flexibility index (Phi) is 7.32. The molecule has 0 saturated carbocycles. The fourth-order valence-corrected chi connectivity index (χ4v) is 4.28. The summed E-state index contributed by atoms with van der Waals surface area (Å²) in [5.41, 5.74) is 6.99. The van der Waals surface area contributed by atoms with Gasteiger partial charge in [-0.1, -0.05) is 68.3 Å². The zero-order valence-electron chi connectivity index (χ0n) is 19.6. The lowest BCUT2D eigenvalue weighted by atomic mass is 9.92. The third kappa shape index (κ3) is 4.99. The van der Waals surface area contributed by atoms with Crippen LogP contribution in [-0.4, -0.2) is 36.0 Å². The number of fused-ring (bicyclic) bond motifs is 1. The average Bonchev–Trinajstić information content (AvgIpc) is 2.84. The van der Waals surface area contributed by atoms with Crippen LogP contribution in [-0.2, 0) is 13.0 Å². The topological polar surface area (TPSA) is 65.3 Å². The SMILES string of the molecule is C#CCOc1ccc2c(c1-c1cccc(C(C)C)c1)C=NC(O)N2Cc1cccc(CCO)c1. The van der Waals surface area contributed by atoms with Crippen molar-refractivity contribution in [3.05, 3.63) is 82.9 Å². The van der Waals surface area contributed by atoms with E-state index in [0.29, 0.717) is 24.6 Å². The monoisotopic (exact) mass is 454 g/mol. The minimum atomic E-state index is -0.999. The zero-order valence-corrected chi connectivity index (χ0v) is 19.6. The molecule has 0 aromatic heterocycles. The molecule has 1 heterocycles. The summed E-state index contributed by atoms with van der Waals surface area (Å²) in [5, 5.41) is 20.1. The van der Waals surface area contributed by atoms with Gasteiger partial charge in [0.25, 0.3) is 0 Å². The van der Waals surface area contributed by atoms with Gasteiger partial charge in [0.15, 0.2) is 0 Å². The molecule has 3 aromatic rings. The Hall–Kier alpha value is -3.59. The first-order valence-corrected chi connectivity index (χ1v) is 11.5. The summed E-state index contributed by atoms with van der Waals surface area (Å²) >= 11 is 0. The molecule has 0 spiro atoms. The largest absolute Gasteiger partial charge is 0.480 e. The number of terminal acetylenes is 1. The van der Waals surface area contributed by atoms with Crippen LogP contribution in [0.1, 0.15) is 42.0 Å². The summed E-state index contributed by atoms with van der Waals surface area (Å²) < 4.78 is 5.93. The standard InChI is InChI=1S/C29H30N2O3/c1-4-15-34-27-12-11-26-25(28(27)24-10-6-9-23(17-24)20(2)3)18-30-29(33)31(26)19-22-8-5-7-21(16-22)13-14-32/h1,5-12,16-18,20,29,32-33H,13-15,19H2,2-3H3.